The van der Waals surface area contributed by atoms with E-state index in [1.807, 2.05) is 54.6 Å². The van der Waals surface area contributed by atoms with Crippen molar-refractivity contribution < 1.29 is 19.1 Å². The molecule has 8 heteroatoms. The lowest BCUT2D eigenvalue weighted by molar-refractivity contribution is -0.139. The van der Waals surface area contributed by atoms with Gasteiger partial charge in [-0.15, -0.1) is 0 Å². The van der Waals surface area contributed by atoms with Crippen LogP contribution in [0.25, 0.3) is 17.2 Å². The van der Waals surface area contributed by atoms with Crippen molar-refractivity contribution in [3.8, 4) is 16.9 Å². The Morgan fingerprint density at radius 3 is 2.28 bits per heavy atom. The predicted octanol–water partition coefficient (Wildman–Crippen LogP) is 4.39. The Morgan fingerprint density at radius 2 is 1.64 bits per heavy atom. The highest BCUT2D eigenvalue weighted by Crippen LogP contribution is 2.32. The summed E-state index contributed by atoms with van der Waals surface area (Å²) in [5.41, 5.74) is 4.26. The van der Waals surface area contributed by atoms with Crippen LogP contribution in [0.4, 0.5) is 0 Å². The number of nitrogens with zero attached hydrogens (tertiary/aromatic N) is 2. The van der Waals surface area contributed by atoms with Gasteiger partial charge in [0.2, 0.25) is 0 Å². The number of benzene rings is 3. The Morgan fingerprint density at radius 1 is 0.974 bits per heavy atom. The number of carbonyl (C=O) groups is 2. The molecule has 0 saturated heterocycles. The van der Waals surface area contributed by atoms with Crippen LogP contribution in [-0.4, -0.2) is 23.1 Å². The number of hydrogen-bond acceptors (Lipinski definition) is 7. The van der Waals surface area contributed by atoms with Crippen molar-refractivity contribution in [2.24, 2.45) is 4.99 Å². The number of carbonyl (C=O) groups excluding carboxylic acids is 2. The highest BCUT2D eigenvalue weighted by atomic mass is 32.1. The normalized spacial score (nSPS) is 14.9. The van der Waals surface area contributed by atoms with Gasteiger partial charge in [0.05, 0.1) is 28.5 Å². The van der Waals surface area contributed by atoms with Gasteiger partial charge in [0, 0.05) is 6.92 Å². The zero-order valence-electron chi connectivity index (χ0n) is 21.7. The van der Waals surface area contributed by atoms with Crippen LogP contribution in [0.15, 0.2) is 99.9 Å². The number of fused-ring (bicyclic) bond motifs is 1. The minimum Gasteiger partial charge on any atom is -0.463 e. The van der Waals surface area contributed by atoms with E-state index in [0.29, 0.717) is 26.4 Å². The average molecular weight is 539 g/mol. The molecule has 2 heterocycles. The number of ether oxygens (including phenoxy) is 2. The number of esters is 2. The van der Waals surface area contributed by atoms with E-state index in [0.717, 1.165) is 22.3 Å². The molecule has 0 spiro atoms. The third-order valence-electron chi connectivity index (χ3n) is 6.29. The summed E-state index contributed by atoms with van der Waals surface area (Å²) in [7, 11) is 0. The fourth-order valence-corrected chi connectivity index (χ4v) is 5.59. The van der Waals surface area contributed by atoms with Gasteiger partial charge in [0.25, 0.3) is 5.56 Å². The minimum atomic E-state index is -0.682. The van der Waals surface area contributed by atoms with Crippen LogP contribution < -0.4 is 19.6 Å². The molecule has 1 atom stereocenters. The molecule has 0 amide bonds. The maximum atomic E-state index is 13.8. The van der Waals surface area contributed by atoms with E-state index >= 15 is 0 Å². The molecule has 1 aliphatic rings. The maximum Gasteiger partial charge on any atom is 0.338 e. The topological polar surface area (TPSA) is 87.0 Å². The predicted molar refractivity (Wildman–Crippen MR) is 150 cm³/mol. The van der Waals surface area contributed by atoms with Crippen LogP contribution in [0.5, 0.6) is 5.75 Å². The monoisotopic (exact) mass is 538 g/mol. The molecule has 3 aromatic carbocycles. The second-order valence-electron chi connectivity index (χ2n) is 8.95. The Hall–Kier alpha value is -4.56. The van der Waals surface area contributed by atoms with E-state index in [-0.39, 0.29) is 12.2 Å². The highest BCUT2D eigenvalue weighted by molar-refractivity contribution is 7.07. The van der Waals surface area contributed by atoms with Gasteiger partial charge < -0.3 is 9.47 Å². The van der Waals surface area contributed by atoms with Gasteiger partial charge in [-0.25, -0.2) is 9.79 Å². The second-order valence-corrected chi connectivity index (χ2v) is 9.96. The van der Waals surface area contributed by atoms with Crippen LogP contribution in [0, 0.1) is 0 Å². The molecule has 0 radical (unpaired) electrons. The first-order valence-electron chi connectivity index (χ1n) is 12.5. The quantitative estimate of drug-likeness (QED) is 0.269. The fourth-order valence-electron chi connectivity index (χ4n) is 4.54. The summed E-state index contributed by atoms with van der Waals surface area (Å²) in [6.07, 6.45) is 1.76. The Balaban J connectivity index is 1.61. The molecule has 0 saturated carbocycles. The van der Waals surface area contributed by atoms with Gasteiger partial charge in [-0.2, -0.15) is 0 Å². The van der Waals surface area contributed by atoms with Gasteiger partial charge in [-0.1, -0.05) is 78.1 Å². The molecular weight excluding hydrogens is 512 g/mol. The van der Waals surface area contributed by atoms with Gasteiger partial charge in [-0.05, 0) is 54.3 Å². The highest BCUT2D eigenvalue weighted by Gasteiger charge is 2.33. The van der Waals surface area contributed by atoms with Crippen molar-refractivity contribution in [2.45, 2.75) is 26.8 Å². The zero-order chi connectivity index (χ0) is 27.5. The summed E-state index contributed by atoms with van der Waals surface area (Å²) in [6, 6.07) is 24.1. The summed E-state index contributed by atoms with van der Waals surface area (Å²) in [6.45, 7) is 5.07. The maximum absolute atomic E-state index is 13.8. The number of allylic oxidation sites excluding steroid dienone is 1. The molecule has 0 N–H and O–H groups in total. The number of rotatable bonds is 6. The Labute approximate surface area is 229 Å². The summed E-state index contributed by atoms with van der Waals surface area (Å²) < 4.78 is 12.5. The molecule has 4 aromatic rings. The number of hydrogen-bond donors (Lipinski definition) is 0. The molecule has 0 fully saturated rings. The van der Waals surface area contributed by atoms with Crippen molar-refractivity contribution >= 4 is 29.4 Å². The first-order chi connectivity index (χ1) is 18.9. The molecular formula is C31H26N2O5S. The number of aromatic nitrogens is 1. The molecule has 0 bridgehead atoms. The van der Waals surface area contributed by atoms with Crippen molar-refractivity contribution in [2.75, 3.05) is 6.61 Å². The van der Waals surface area contributed by atoms with Crippen LogP contribution >= 0.6 is 11.3 Å². The van der Waals surface area contributed by atoms with Gasteiger partial charge in [0.15, 0.2) is 4.80 Å². The van der Waals surface area contributed by atoms with Crippen molar-refractivity contribution in [3.05, 3.63) is 121 Å². The van der Waals surface area contributed by atoms with E-state index in [2.05, 4.69) is 4.99 Å². The van der Waals surface area contributed by atoms with E-state index in [9.17, 15) is 14.4 Å². The first-order valence-corrected chi connectivity index (χ1v) is 13.3. The Kier molecular flexibility index (Phi) is 7.38. The third kappa shape index (κ3) is 5.37. The smallest absolute Gasteiger partial charge is 0.338 e. The van der Waals surface area contributed by atoms with Crippen LogP contribution in [0.3, 0.4) is 0 Å². The van der Waals surface area contributed by atoms with E-state index in [1.54, 1.807) is 48.8 Å². The molecule has 5 rings (SSSR count). The Bertz CT molecular complexity index is 1750. The van der Waals surface area contributed by atoms with Crippen molar-refractivity contribution in [3.63, 3.8) is 0 Å². The second kappa shape index (κ2) is 11.0. The standard InChI is InChI=1S/C31H26N2O5S/c1-4-37-30(36)27-19(2)32-31-33(28(27)24-14-12-23(13-15-24)22-8-6-5-7-9-22)29(35)26(39-31)18-21-10-16-25(17-11-21)38-20(3)34/h5-18,28H,4H2,1-3H3/b26-18-. The molecule has 1 aromatic heterocycles. The summed E-state index contributed by atoms with van der Waals surface area (Å²) in [4.78, 5) is 43.2. The van der Waals surface area contributed by atoms with Crippen LogP contribution in [0.1, 0.15) is 37.9 Å². The van der Waals surface area contributed by atoms with Crippen molar-refractivity contribution in [1.29, 1.82) is 0 Å². The largest absolute Gasteiger partial charge is 0.463 e. The van der Waals surface area contributed by atoms with Gasteiger partial charge in [-0.3, -0.25) is 14.2 Å². The van der Waals surface area contributed by atoms with Crippen molar-refractivity contribution in [1.82, 2.24) is 4.57 Å². The molecule has 7 nitrogen and oxygen atoms in total. The summed E-state index contributed by atoms with van der Waals surface area (Å²) >= 11 is 1.26. The molecule has 196 valence electrons. The van der Waals surface area contributed by atoms with Gasteiger partial charge in [0.1, 0.15) is 5.75 Å². The lowest BCUT2D eigenvalue weighted by Crippen LogP contribution is -2.39. The molecule has 1 unspecified atom stereocenters. The zero-order valence-corrected chi connectivity index (χ0v) is 22.5. The fraction of sp³-hybridized carbons (Fsp3) is 0.161. The SMILES string of the molecule is CCOC(=O)C1=C(C)N=c2s/c(=C\c3ccc(OC(C)=O)cc3)c(=O)n2C1c1ccc(-c2ccccc2)cc1. The molecule has 39 heavy (non-hydrogen) atoms. The van der Waals surface area contributed by atoms with Crippen LogP contribution in [0.2, 0.25) is 0 Å². The van der Waals surface area contributed by atoms with Crippen LogP contribution in [-0.2, 0) is 14.3 Å². The summed E-state index contributed by atoms with van der Waals surface area (Å²) in [5.74, 6) is -0.471. The number of thiazole rings is 1. The van der Waals surface area contributed by atoms with Gasteiger partial charge >= 0.3 is 11.9 Å². The molecule has 1 aliphatic heterocycles. The lowest BCUT2D eigenvalue weighted by Gasteiger charge is -2.24. The van der Waals surface area contributed by atoms with E-state index in [1.165, 1.54) is 18.3 Å². The van der Waals surface area contributed by atoms with E-state index < -0.39 is 18.0 Å². The molecule has 0 aliphatic carbocycles. The average Bonchev–Trinajstić information content (AvgIpc) is 3.23. The lowest BCUT2D eigenvalue weighted by atomic mass is 9.94. The first kappa shape index (κ1) is 26.1. The third-order valence-corrected chi connectivity index (χ3v) is 7.27. The minimum absolute atomic E-state index is 0.211. The van der Waals surface area contributed by atoms with E-state index in [4.69, 9.17) is 9.47 Å². The summed E-state index contributed by atoms with van der Waals surface area (Å²) in [5, 5.41) is 0.